The maximum Gasteiger partial charge on any atom is 0.303 e. The molecule has 27 heavy (non-hydrogen) atoms. The fourth-order valence-electron chi connectivity index (χ4n) is 7.45. The maximum absolute atomic E-state index is 12.5. The maximum atomic E-state index is 12.5. The third-order valence-electron chi connectivity index (χ3n) is 9.08. The number of carboxylic acid groups (broad SMARTS) is 1. The smallest absolute Gasteiger partial charge is 0.303 e. The number of carbonyl (C=O) groups excluding carboxylic acids is 2. The Morgan fingerprint density at radius 3 is 2.59 bits per heavy atom. The van der Waals surface area contributed by atoms with E-state index in [1.54, 1.807) is 6.08 Å². The molecule has 0 saturated heterocycles. The summed E-state index contributed by atoms with van der Waals surface area (Å²) in [5.41, 5.74) is 1.76. The van der Waals surface area contributed by atoms with Gasteiger partial charge in [0.2, 0.25) is 11.6 Å². The van der Waals surface area contributed by atoms with E-state index in [4.69, 9.17) is 0 Å². The lowest BCUT2D eigenvalue weighted by atomic mass is 9.44. The number of aliphatic carboxylic acids is 1. The molecule has 7 atom stereocenters. The number of rotatable bonds is 2. The fourth-order valence-corrected chi connectivity index (χ4v) is 7.45. The van der Waals surface area contributed by atoms with Crippen LogP contribution in [0.2, 0.25) is 0 Å². The van der Waals surface area contributed by atoms with Gasteiger partial charge >= 0.3 is 5.97 Å². The van der Waals surface area contributed by atoms with Crippen LogP contribution < -0.4 is 0 Å². The number of ketones is 2. The Kier molecular flexibility index (Phi) is 4.07. The number of carbonyl (C=O) groups is 3. The molecule has 4 nitrogen and oxygen atoms in total. The lowest BCUT2D eigenvalue weighted by molar-refractivity contribution is -0.144. The van der Waals surface area contributed by atoms with E-state index in [-0.39, 0.29) is 40.7 Å². The molecule has 0 aromatic carbocycles. The zero-order valence-corrected chi connectivity index (χ0v) is 16.6. The largest absolute Gasteiger partial charge is 0.481 e. The predicted molar refractivity (Wildman–Crippen MR) is 102 cm³/mol. The average Bonchev–Trinajstić information content (AvgIpc) is 2.92. The van der Waals surface area contributed by atoms with Crippen molar-refractivity contribution in [2.75, 3.05) is 0 Å². The van der Waals surface area contributed by atoms with Gasteiger partial charge in [0.15, 0.2) is 0 Å². The third kappa shape index (κ3) is 2.37. The van der Waals surface area contributed by atoms with Crippen LogP contribution >= 0.6 is 0 Å². The summed E-state index contributed by atoms with van der Waals surface area (Å²) in [5.74, 6) is -0.129. The third-order valence-corrected chi connectivity index (χ3v) is 9.08. The van der Waals surface area contributed by atoms with E-state index in [1.807, 2.05) is 6.92 Å². The molecular weight excluding hydrogens is 340 g/mol. The first-order valence-corrected chi connectivity index (χ1v) is 10.3. The molecule has 0 bridgehead atoms. The van der Waals surface area contributed by atoms with Crippen molar-refractivity contribution in [3.8, 4) is 0 Å². The van der Waals surface area contributed by atoms with Crippen LogP contribution in [0.3, 0.4) is 0 Å². The van der Waals surface area contributed by atoms with Crippen LogP contribution in [-0.2, 0) is 14.4 Å². The topological polar surface area (TPSA) is 71.4 Å². The number of carboxylic acids is 1. The number of fused-ring (bicyclic) bond motifs is 5. The van der Waals surface area contributed by atoms with Crippen LogP contribution in [-0.4, -0.2) is 22.6 Å². The minimum atomic E-state index is -0.695. The van der Waals surface area contributed by atoms with Crippen molar-refractivity contribution in [2.45, 2.75) is 59.3 Å². The molecule has 0 aromatic rings. The zero-order valence-electron chi connectivity index (χ0n) is 16.6. The highest BCUT2D eigenvalue weighted by Crippen LogP contribution is 2.68. The molecule has 3 saturated carbocycles. The lowest BCUT2D eigenvalue weighted by Gasteiger charge is -2.59. The van der Waals surface area contributed by atoms with Gasteiger partial charge in [-0.25, -0.2) is 0 Å². The van der Waals surface area contributed by atoms with Crippen molar-refractivity contribution in [1.82, 2.24) is 0 Å². The molecule has 0 amide bonds. The highest BCUT2D eigenvalue weighted by Gasteiger charge is 2.62. The number of hydrogen-bond donors (Lipinski definition) is 1. The SMILES string of the molecule is C=C1C[C@@H]2[C@@H](CC[C@]3(C)C(CC(=O)O)CC[C@@H]23)[C@]2(C)C1=CC(=O)C(=O)C2C. The van der Waals surface area contributed by atoms with Crippen molar-refractivity contribution in [3.63, 3.8) is 0 Å². The standard InChI is InChI=1S/C23H30O4/c1-12-9-15-16-6-5-14(10-20(25)26)22(16,3)8-7-17(15)23(4)13(2)21(27)19(24)11-18(12)23/h11,13-17H,1,5-10H2,2-4H3,(H,25,26)/t13?,14?,15-,16-,17+,22+,23+/m0/s1. The minimum absolute atomic E-state index is 0.0646. The fraction of sp³-hybridized carbons (Fsp3) is 0.696. The van der Waals surface area contributed by atoms with Gasteiger partial charge in [0.25, 0.3) is 0 Å². The molecule has 4 heteroatoms. The summed E-state index contributed by atoms with van der Waals surface area (Å²) in [4.78, 5) is 36.1. The molecule has 3 fully saturated rings. The molecule has 4 aliphatic rings. The van der Waals surface area contributed by atoms with Crippen molar-refractivity contribution in [3.05, 3.63) is 23.8 Å². The van der Waals surface area contributed by atoms with Crippen LogP contribution in [0.15, 0.2) is 23.8 Å². The Balaban J connectivity index is 1.73. The van der Waals surface area contributed by atoms with Gasteiger partial charge in [0, 0.05) is 17.8 Å². The van der Waals surface area contributed by atoms with Gasteiger partial charge in [-0.3, -0.25) is 14.4 Å². The number of hydrogen-bond acceptors (Lipinski definition) is 3. The monoisotopic (exact) mass is 370 g/mol. The first-order valence-electron chi connectivity index (χ1n) is 10.3. The van der Waals surface area contributed by atoms with E-state index in [1.165, 1.54) is 0 Å². The van der Waals surface area contributed by atoms with Gasteiger partial charge in [-0.15, -0.1) is 0 Å². The Labute approximate surface area is 161 Å². The van der Waals surface area contributed by atoms with E-state index in [9.17, 15) is 19.5 Å². The molecule has 1 N–H and O–H groups in total. The first kappa shape index (κ1) is 18.6. The summed E-state index contributed by atoms with van der Waals surface area (Å²) in [7, 11) is 0. The summed E-state index contributed by atoms with van der Waals surface area (Å²) < 4.78 is 0. The molecular formula is C23H30O4. The molecule has 0 aromatic heterocycles. The minimum Gasteiger partial charge on any atom is -0.481 e. The first-order chi connectivity index (χ1) is 12.6. The van der Waals surface area contributed by atoms with Crippen LogP contribution in [0.5, 0.6) is 0 Å². The van der Waals surface area contributed by atoms with Crippen molar-refractivity contribution >= 4 is 17.5 Å². The molecule has 0 spiro atoms. The second kappa shape index (κ2) is 5.89. The van der Waals surface area contributed by atoms with E-state index < -0.39 is 5.97 Å². The molecule has 0 radical (unpaired) electrons. The van der Waals surface area contributed by atoms with Gasteiger partial charge in [-0.05, 0) is 72.8 Å². The average molecular weight is 370 g/mol. The van der Waals surface area contributed by atoms with E-state index in [0.717, 1.165) is 43.3 Å². The van der Waals surface area contributed by atoms with Crippen LogP contribution in [0.4, 0.5) is 0 Å². The Hall–Kier alpha value is -1.71. The quantitative estimate of drug-likeness (QED) is 0.740. The predicted octanol–water partition coefficient (Wildman–Crippen LogP) is 4.20. The number of allylic oxidation sites excluding steroid dienone is 2. The lowest BCUT2D eigenvalue weighted by Crippen LogP contribution is -2.55. The van der Waals surface area contributed by atoms with Gasteiger partial charge in [0.1, 0.15) is 0 Å². The van der Waals surface area contributed by atoms with Gasteiger partial charge in [0.05, 0.1) is 0 Å². The van der Waals surface area contributed by atoms with Gasteiger partial charge in [-0.1, -0.05) is 32.9 Å². The highest BCUT2D eigenvalue weighted by atomic mass is 16.4. The molecule has 0 heterocycles. The van der Waals surface area contributed by atoms with Crippen LogP contribution in [0.1, 0.15) is 59.3 Å². The van der Waals surface area contributed by atoms with Crippen molar-refractivity contribution < 1.29 is 19.5 Å². The summed E-state index contributed by atoms with van der Waals surface area (Å²) >= 11 is 0. The number of Topliss-reactive ketones (excluding diaryl/α,β-unsaturated/α-hetero) is 1. The summed E-state index contributed by atoms with van der Waals surface area (Å²) in [6, 6.07) is 0. The molecule has 146 valence electrons. The van der Waals surface area contributed by atoms with Crippen molar-refractivity contribution in [2.24, 2.45) is 40.4 Å². The van der Waals surface area contributed by atoms with E-state index in [0.29, 0.717) is 17.8 Å². The van der Waals surface area contributed by atoms with Crippen molar-refractivity contribution in [1.29, 1.82) is 0 Å². The second-order valence-corrected chi connectivity index (χ2v) is 9.89. The molecule has 4 rings (SSSR count). The molecule has 4 aliphatic carbocycles. The normalized spacial score (nSPS) is 46.4. The summed E-state index contributed by atoms with van der Waals surface area (Å²) in [6.07, 6.45) is 6.77. The zero-order chi connectivity index (χ0) is 19.7. The Morgan fingerprint density at radius 2 is 1.93 bits per heavy atom. The van der Waals surface area contributed by atoms with Gasteiger partial charge in [-0.2, -0.15) is 0 Å². The Bertz CT molecular complexity index is 777. The van der Waals surface area contributed by atoms with E-state index >= 15 is 0 Å². The summed E-state index contributed by atoms with van der Waals surface area (Å²) in [5, 5.41) is 9.35. The molecule has 2 unspecified atom stereocenters. The summed E-state index contributed by atoms with van der Waals surface area (Å²) in [6.45, 7) is 10.7. The second-order valence-electron chi connectivity index (χ2n) is 9.89. The Morgan fingerprint density at radius 1 is 1.22 bits per heavy atom. The van der Waals surface area contributed by atoms with E-state index in [2.05, 4.69) is 20.4 Å². The van der Waals surface area contributed by atoms with Crippen LogP contribution in [0.25, 0.3) is 0 Å². The van der Waals surface area contributed by atoms with Gasteiger partial charge < -0.3 is 5.11 Å². The van der Waals surface area contributed by atoms with Crippen LogP contribution in [0, 0.1) is 40.4 Å². The molecule has 0 aliphatic heterocycles. The highest BCUT2D eigenvalue weighted by molar-refractivity contribution is 6.43.